The molecule has 19 heavy (non-hydrogen) atoms. The highest BCUT2D eigenvalue weighted by Gasteiger charge is 2.38. The summed E-state index contributed by atoms with van der Waals surface area (Å²) < 4.78 is 0. The van der Waals surface area contributed by atoms with Crippen molar-refractivity contribution in [2.45, 2.75) is 26.7 Å². The average Bonchev–Trinajstić information content (AvgIpc) is 2.79. The molecule has 1 N–H and O–H groups in total. The highest BCUT2D eigenvalue weighted by atomic mass is 35.5. The van der Waals surface area contributed by atoms with E-state index in [9.17, 15) is 4.79 Å². The maximum Gasteiger partial charge on any atom is 0.143 e. The first-order valence-corrected chi connectivity index (χ1v) is 7.26. The Morgan fingerprint density at radius 2 is 1.89 bits per heavy atom. The summed E-state index contributed by atoms with van der Waals surface area (Å²) in [6.45, 7) is 7.46. The monoisotopic (exact) mass is 299 g/mol. The first kappa shape index (κ1) is 14.8. The van der Waals surface area contributed by atoms with Gasteiger partial charge in [0.05, 0.1) is 10.0 Å². The standard InChI is InChI=1S/C15H19Cl2NO/c1-15(2,3)14(19)11-8-18-7-10(11)9-4-5-12(16)13(17)6-9/h4-6,10-11,18H,7-8H2,1-3H3/t10-,11+/m1/s1. The molecule has 0 amide bonds. The second-order valence-electron chi connectivity index (χ2n) is 6.16. The Morgan fingerprint density at radius 3 is 2.47 bits per heavy atom. The van der Waals surface area contributed by atoms with Crippen LogP contribution in [0.3, 0.4) is 0 Å². The number of carbonyl (C=O) groups is 1. The molecular weight excluding hydrogens is 281 g/mol. The normalized spacial score (nSPS) is 23.6. The Morgan fingerprint density at radius 1 is 1.21 bits per heavy atom. The zero-order valence-electron chi connectivity index (χ0n) is 11.5. The van der Waals surface area contributed by atoms with Gasteiger partial charge in [0.25, 0.3) is 0 Å². The molecule has 0 radical (unpaired) electrons. The summed E-state index contributed by atoms with van der Waals surface area (Å²) in [4.78, 5) is 12.5. The summed E-state index contributed by atoms with van der Waals surface area (Å²) in [6, 6.07) is 5.65. The van der Waals surface area contributed by atoms with Gasteiger partial charge in [-0.3, -0.25) is 4.79 Å². The number of halogens is 2. The van der Waals surface area contributed by atoms with E-state index in [1.807, 2.05) is 32.9 Å². The van der Waals surface area contributed by atoms with E-state index in [4.69, 9.17) is 23.2 Å². The molecule has 0 saturated carbocycles. The fourth-order valence-electron chi connectivity index (χ4n) is 2.60. The largest absolute Gasteiger partial charge is 0.315 e. The van der Waals surface area contributed by atoms with Crippen molar-refractivity contribution in [3.8, 4) is 0 Å². The number of nitrogens with one attached hydrogen (secondary N) is 1. The smallest absolute Gasteiger partial charge is 0.143 e. The Balaban J connectivity index is 2.28. The minimum absolute atomic E-state index is 0.0113. The van der Waals surface area contributed by atoms with Crippen molar-refractivity contribution in [3.63, 3.8) is 0 Å². The molecular formula is C15H19Cl2NO. The van der Waals surface area contributed by atoms with Gasteiger partial charge >= 0.3 is 0 Å². The molecule has 2 atom stereocenters. The van der Waals surface area contributed by atoms with Gasteiger partial charge in [-0.25, -0.2) is 0 Å². The van der Waals surface area contributed by atoms with Crippen molar-refractivity contribution in [1.82, 2.24) is 5.32 Å². The van der Waals surface area contributed by atoms with E-state index in [1.165, 1.54) is 0 Å². The molecule has 2 rings (SSSR count). The van der Waals surface area contributed by atoms with E-state index in [2.05, 4.69) is 5.32 Å². The number of ketones is 1. The van der Waals surface area contributed by atoms with Crippen molar-refractivity contribution >= 4 is 29.0 Å². The molecule has 0 unspecified atom stereocenters. The third-order valence-corrected chi connectivity index (χ3v) is 4.40. The predicted molar refractivity (Wildman–Crippen MR) is 80.0 cm³/mol. The maximum atomic E-state index is 12.5. The van der Waals surface area contributed by atoms with Gasteiger partial charge in [-0.05, 0) is 17.7 Å². The fourth-order valence-corrected chi connectivity index (χ4v) is 2.91. The van der Waals surface area contributed by atoms with Crippen LogP contribution in [0, 0.1) is 11.3 Å². The van der Waals surface area contributed by atoms with Gasteiger partial charge in [-0.1, -0.05) is 50.0 Å². The topological polar surface area (TPSA) is 29.1 Å². The SMILES string of the molecule is CC(C)(C)C(=O)[C@H]1CNC[C@@H]1c1ccc(Cl)c(Cl)c1. The minimum Gasteiger partial charge on any atom is -0.315 e. The molecule has 1 aromatic rings. The third kappa shape index (κ3) is 3.13. The van der Waals surface area contributed by atoms with Gasteiger partial charge in [0.15, 0.2) is 0 Å². The minimum atomic E-state index is -0.314. The van der Waals surface area contributed by atoms with E-state index >= 15 is 0 Å². The maximum absolute atomic E-state index is 12.5. The van der Waals surface area contributed by atoms with Crippen molar-refractivity contribution < 1.29 is 4.79 Å². The Labute approximate surface area is 124 Å². The quantitative estimate of drug-likeness (QED) is 0.897. The van der Waals surface area contributed by atoms with Crippen LogP contribution in [-0.2, 0) is 4.79 Å². The lowest BCUT2D eigenvalue weighted by molar-refractivity contribution is -0.130. The van der Waals surface area contributed by atoms with Crippen LogP contribution in [0.2, 0.25) is 10.0 Å². The van der Waals surface area contributed by atoms with E-state index < -0.39 is 0 Å². The van der Waals surface area contributed by atoms with Crippen molar-refractivity contribution in [2.75, 3.05) is 13.1 Å². The first-order chi connectivity index (χ1) is 8.80. The van der Waals surface area contributed by atoms with E-state index in [1.54, 1.807) is 6.07 Å². The second kappa shape index (κ2) is 5.43. The zero-order valence-corrected chi connectivity index (χ0v) is 13.0. The summed E-state index contributed by atoms with van der Waals surface area (Å²) in [5.41, 5.74) is 0.771. The van der Waals surface area contributed by atoms with Crippen LogP contribution >= 0.6 is 23.2 Å². The fraction of sp³-hybridized carbons (Fsp3) is 0.533. The van der Waals surface area contributed by atoms with Gasteiger partial charge in [-0.2, -0.15) is 0 Å². The molecule has 2 nitrogen and oxygen atoms in total. The van der Waals surface area contributed by atoms with Crippen LogP contribution in [0.15, 0.2) is 18.2 Å². The zero-order chi connectivity index (χ0) is 14.2. The van der Waals surface area contributed by atoms with E-state index in [0.717, 1.165) is 18.7 Å². The number of hydrogen-bond acceptors (Lipinski definition) is 2. The van der Waals surface area contributed by atoms with Crippen LogP contribution in [0.5, 0.6) is 0 Å². The molecule has 0 bridgehead atoms. The molecule has 104 valence electrons. The first-order valence-electron chi connectivity index (χ1n) is 6.50. The summed E-state index contributed by atoms with van der Waals surface area (Å²) >= 11 is 12.0. The molecule has 4 heteroatoms. The van der Waals surface area contributed by atoms with Gasteiger partial charge in [0.1, 0.15) is 5.78 Å². The van der Waals surface area contributed by atoms with E-state index in [0.29, 0.717) is 15.8 Å². The van der Waals surface area contributed by atoms with Crippen LogP contribution in [0.25, 0.3) is 0 Å². The second-order valence-corrected chi connectivity index (χ2v) is 6.97. The Bertz CT molecular complexity index is 493. The van der Waals surface area contributed by atoms with Crippen LogP contribution in [-0.4, -0.2) is 18.9 Å². The molecule has 1 aliphatic rings. The van der Waals surface area contributed by atoms with Crippen LogP contribution in [0.1, 0.15) is 32.3 Å². The number of benzene rings is 1. The highest BCUT2D eigenvalue weighted by Crippen LogP contribution is 2.36. The van der Waals surface area contributed by atoms with Crippen molar-refractivity contribution in [3.05, 3.63) is 33.8 Å². The molecule has 0 aromatic heterocycles. The molecule has 1 aromatic carbocycles. The van der Waals surface area contributed by atoms with Gasteiger partial charge in [0.2, 0.25) is 0 Å². The van der Waals surface area contributed by atoms with Gasteiger partial charge in [0, 0.05) is 30.3 Å². The number of rotatable bonds is 2. The Hall–Kier alpha value is -0.570. The molecule has 0 spiro atoms. The predicted octanol–water partition coefficient (Wildman–Crippen LogP) is 3.91. The van der Waals surface area contributed by atoms with Crippen molar-refractivity contribution in [2.24, 2.45) is 11.3 Å². The molecule has 0 aliphatic carbocycles. The van der Waals surface area contributed by atoms with E-state index in [-0.39, 0.29) is 17.3 Å². The lowest BCUT2D eigenvalue weighted by Gasteiger charge is -2.25. The van der Waals surface area contributed by atoms with Crippen molar-refractivity contribution in [1.29, 1.82) is 0 Å². The third-order valence-electron chi connectivity index (χ3n) is 3.66. The van der Waals surface area contributed by atoms with Crippen LogP contribution in [0.4, 0.5) is 0 Å². The number of hydrogen-bond donors (Lipinski definition) is 1. The summed E-state index contributed by atoms with van der Waals surface area (Å²) in [6.07, 6.45) is 0. The molecule has 1 aliphatic heterocycles. The number of Topliss-reactive ketones (excluding diaryl/α,β-unsaturated/α-hetero) is 1. The summed E-state index contributed by atoms with van der Waals surface area (Å²) in [5, 5.41) is 4.41. The molecule has 1 saturated heterocycles. The van der Waals surface area contributed by atoms with Gasteiger partial charge < -0.3 is 5.32 Å². The lowest BCUT2D eigenvalue weighted by atomic mass is 9.76. The average molecular weight is 300 g/mol. The Kier molecular flexibility index (Phi) is 4.24. The molecule has 1 fully saturated rings. The van der Waals surface area contributed by atoms with Gasteiger partial charge in [-0.15, -0.1) is 0 Å². The summed E-state index contributed by atoms with van der Waals surface area (Å²) in [7, 11) is 0. The highest BCUT2D eigenvalue weighted by molar-refractivity contribution is 6.42. The molecule has 1 heterocycles. The summed E-state index contributed by atoms with van der Waals surface area (Å²) in [5.74, 6) is 0.493. The number of carbonyl (C=O) groups excluding carboxylic acids is 1. The lowest BCUT2D eigenvalue weighted by Crippen LogP contribution is -2.32. The van der Waals surface area contributed by atoms with Crippen LogP contribution < -0.4 is 5.32 Å².